The second-order valence-corrected chi connectivity index (χ2v) is 8.53. The number of rotatable bonds is 7. The molecule has 8 heteroatoms. The van der Waals surface area contributed by atoms with Crippen LogP contribution in [0.2, 0.25) is 0 Å². The minimum atomic E-state index is -0.103. The Hall–Kier alpha value is -3.26. The molecule has 0 aliphatic carbocycles. The highest BCUT2D eigenvalue weighted by molar-refractivity contribution is 7.71. The fourth-order valence-electron chi connectivity index (χ4n) is 3.88. The van der Waals surface area contributed by atoms with Gasteiger partial charge in [0, 0.05) is 43.7 Å². The van der Waals surface area contributed by atoms with Crippen LogP contribution in [-0.2, 0) is 22.7 Å². The highest BCUT2D eigenvalue weighted by Crippen LogP contribution is 2.19. The van der Waals surface area contributed by atoms with Gasteiger partial charge in [0.05, 0.1) is 0 Å². The molecule has 1 aliphatic rings. The first-order chi connectivity index (χ1) is 15.5. The van der Waals surface area contributed by atoms with Crippen LogP contribution in [-0.4, -0.2) is 38.0 Å². The summed E-state index contributed by atoms with van der Waals surface area (Å²) in [5.74, 6) is 0.817. The lowest BCUT2D eigenvalue weighted by molar-refractivity contribution is -0.133. The van der Waals surface area contributed by atoms with Crippen LogP contribution in [0.4, 0.5) is 5.69 Å². The van der Waals surface area contributed by atoms with E-state index in [1.165, 1.54) is 5.56 Å². The Morgan fingerprint density at radius 3 is 2.78 bits per heavy atom. The molecule has 2 heterocycles. The van der Waals surface area contributed by atoms with E-state index < -0.39 is 0 Å². The standard InChI is InChI=1S/C24H27N5O2S/c1-17-8-10-19(11-9-17)23-26-27-24(32)29(23)14-12-21(30)25-20-6-4-5-18(15-20)16-28-13-3-2-7-22(28)31/h4-6,8-11,15H,2-3,7,12-14,16H2,1H3,(H,25,30)(H,27,32). The molecule has 1 aromatic heterocycles. The van der Waals surface area contributed by atoms with E-state index in [0.29, 0.717) is 24.3 Å². The molecule has 1 fully saturated rings. The average molecular weight is 450 g/mol. The second kappa shape index (κ2) is 9.91. The normalized spacial score (nSPS) is 13.9. The number of likely N-dealkylation sites (tertiary alicyclic amines) is 1. The summed E-state index contributed by atoms with van der Waals surface area (Å²) < 4.78 is 2.33. The van der Waals surface area contributed by atoms with Crippen LogP contribution < -0.4 is 5.32 Å². The summed E-state index contributed by atoms with van der Waals surface area (Å²) in [6.45, 7) is 3.83. The molecule has 0 saturated carbocycles. The van der Waals surface area contributed by atoms with Crippen LogP contribution >= 0.6 is 12.2 Å². The number of hydrogen-bond acceptors (Lipinski definition) is 4. The van der Waals surface area contributed by atoms with E-state index in [-0.39, 0.29) is 18.2 Å². The van der Waals surface area contributed by atoms with Gasteiger partial charge in [-0.15, -0.1) is 0 Å². The molecule has 166 valence electrons. The smallest absolute Gasteiger partial charge is 0.226 e. The number of aromatic nitrogens is 3. The van der Waals surface area contributed by atoms with Crippen molar-refractivity contribution in [3.05, 3.63) is 64.4 Å². The highest BCUT2D eigenvalue weighted by Gasteiger charge is 2.18. The number of hydrogen-bond donors (Lipinski definition) is 2. The Balaban J connectivity index is 1.38. The van der Waals surface area contributed by atoms with Crippen molar-refractivity contribution in [2.45, 2.75) is 45.7 Å². The molecule has 2 aromatic carbocycles. The first-order valence-corrected chi connectivity index (χ1v) is 11.3. The number of carbonyl (C=O) groups is 2. The summed E-state index contributed by atoms with van der Waals surface area (Å²) in [6.07, 6.45) is 2.90. The fourth-order valence-corrected chi connectivity index (χ4v) is 4.11. The zero-order valence-electron chi connectivity index (χ0n) is 18.1. The molecule has 1 saturated heterocycles. The van der Waals surface area contributed by atoms with Gasteiger partial charge in [0.15, 0.2) is 10.6 Å². The maximum Gasteiger partial charge on any atom is 0.226 e. The molecule has 7 nitrogen and oxygen atoms in total. The number of piperidine rings is 1. The molecule has 0 spiro atoms. The van der Waals surface area contributed by atoms with E-state index in [9.17, 15) is 9.59 Å². The van der Waals surface area contributed by atoms with Crippen LogP contribution in [0, 0.1) is 11.7 Å². The first-order valence-electron chi connectivity index (χ1n) is 10.9. The van der Waals surface area contributed by atoms with Gasteiger partial charge in [0.1, 0.15) is 0 Å². The maximum atomic E-state index is 12.6. The van der Waals surface area contributed by atoms with Gasteiger partial charge >= 0.3 is 0 Å². The lowest BCUT2D eigenvalue weighted by Crippen LogP contribution is -2.34. The monoisotopic (exact) mass is 449 g/mol. The number of anilines is 1. The van der Waals surface area contributed by atoms with Crippen molar-refractivity contribution < 1.29 is 9.59 Å². The van der Waals surface area contributed by atoms with Crippen LogP contribution in [0.5, 0.6) is 0 Å². The van der Waals surface area contributed by atoms with Crippen molar-refractivity contribution in [1.82, 2.24) is 19.7 Å². The SMILES string of the molecule is Cc1ccc(-c2n[nH]c(=S)n2CCC(=O)Nc2cccc(CN3CCCCC3=O)c2)cc1. The summed E-state index contributed by atoms with van der Waals surface area (Å²) in [4.78, 5) is 26.6. The molecular weight excluding hydrogens is 422 g/mol. The van der Waals surface area contributed by atoms with Gasteiger partial charge in [-0.3, -0.25) is 19.3 Å². The lowest BCUT2D eigenvalue weighted by atomic mass is 10.1. The van der Waals surface area contributed by atoms with Crippen molar-refractivity contribution in [2.75, 3.05) is 11.9 Å². The third kappa shape index (κ3) is 5.31. The van der Waals surface area contributed by atoms with Gasteiger partial charge in [0.2, 0.25) is 11.8 Å². The number of aryl methyl sites for hydroxylation is 1. The van der Waals surface area contributed by atoms with Gasteiger partial charge in [-0.1, -0.05) is 42.0 Å². The Morgan fingerprint density at radius 1 is 1.19 bits per heavy atom. The van der Waals surface area contributed by atoms with E-state index in [2.05, 4.69) is 15.5 Å². The molecule has 1 aliphatic heterocycles. The minimum absolute atomic E-state index is 0.103. The number of nitrogens with one attached hydrogen (secondary N) is 2. The van der Waals surface area contributed by atoms with Crippen LogP contribution in [0.3, 0.4) is 0 Å². The molecular formula is C24H27N5O2S. The van der Waals surface area contributed by atoms with Gasteiger partial charge in [-0.25, -0.2) is 0 Å². The number of aromatic amines is 1. The van der Waals surface area contributed by atoms with Crippen LogP contribution in [0.25, 0.3) is 11.4 Å². The van der Waals surface area contributed by atoms with Gasteiger partial charge in [-0.2, -0.15) is 5.10 Å². The Labute approximate surface area is 192 Å². The van der Waals surface area contributed by atoms with Crippen molar-refractivity contribution in [3.63, 3.8) is 0 Å². The number of amides is 2. The topological polar surface area (TPSA) is 83.0 Å². The molecule has 0 bridgehead atoms. The van der Waals surface area contributed by atoms with E-state index in [4.69, 9.17) is 12.2 Å². The number of H-pyrrole nitrogens is 1. The average Bonchev–Trinajstić information content (AvgIpc) is 3.15. The number of nitrogens with zero attached hydrogens (tertiary/aromatic N) is 3. The summed E-state index contributed by atoms with van der Waals surface area (Å²) in [6, 6.07) is 15.7. The predicted octanol–water partition coefficient (Wildman–Crippen LogP) is 4.46. The lowest BCUT2D eigenvalue weighted by Gasteiger charge is -2.26. The number of benzene rings is 2. The Morgan fingerprint density at radius 2 is 2.00 bits per heavy atom. The zero-order valence-corrected chi connectivity index (χ0v) is 19.0. The predicted molar refractivity (Wildman–Crippen MR) is 127 cm³/mol. The van der Waals surface area contributed by atoms with Crippen molar-refractivity contribution in [1.29, 1.82) is 0 Å². The Bertz CT molecular complexity index is 1170. The third-order valence-corrected chi connectivity index (χ3v) is 5.95. The van der Waals surface area contributed by atoms with E-state index in [1.807, 2.05) is 64.9 Å². The molecule has 2 amide bonds. The van der Waals surface area contributed by atoms with E-state index in [1.54, 1.807) is 0 Å². The van der Waals surface area contributed by atoms with Crippen LogP contribution in [0.15, 0.2) is 48.5 Å². The molecule has 0 atom stereocenters. The molecule has 3 aromatic rings. The second-order valence-electron chi connectivity index (χ2n) is 8.14. The van der Waals surface area contributed by atoms with E-state index in [0.717, 1.165) is 42.0 Å². The fraction of sp³-hybridized carbons (Fsp3) is 0.333. The minimum Gasteiger partial charge on any atom is -0.338 e. The van der Waals surface area contributed by atoms with Crippen molar-refractivity contribution in [2.24, 2.45) is 0 Å². The largest absolute Gasteiger partial charge is 0.338 e. The summed E-state index contributed by atoms with van der Waals surface area (Å²) >= 11 is 5.37. The quantitative estimate of drug-likeness (QED) is 0.522. The van der Waals surface area contributed by atoms with Gasteiger partial charge in [0.25, 0.3) is 0 Å². The van der Waals surface area contributed by atoms with Crippen molar-refractivity contribution >= 4 is 29.7 Å². The summed E-state index contributed by atoms with van der Waals surface area (Å²) in [5, 5.41) is 10.1. The third-order valence-electron chi connectivity index (χ3n) is 5.64. The van der Waals surface area contributed by atoms with E-state index >= 15 is 0 Å². The molecule has 32 heavy (non-hydrogen) atoms. The van der Waals surface area contributed by atoms with Gasteiger partial charge < -0.3 is 10.2 Å². The highest BCUT2D eigenvalue weighted by atomic mass is 32.1. The molecule has 0 unspecified atom stereocenters. The van der Waals surface area contributed by atoms with Gasteiger partial charge in [-0.05, 0) is 49.7 Å². The summed E-state index contributed by atoms with van der Waals surface area (Å²) in [5.41, 5.74) is 3.85. The zero-order chi connectivity index (χ0) is 22.5. The summed E-state index contributed by atoms with van der Waals surface area (Å²) in [7, 11) is 0. The maximum absolute atomic E-state index is 12.6. The first kappa shape index (κ1) is 22.0. The van der Waals surface area contributed by atoms with Crippen LogP contribution in [0.1, 0.15) is 36.8 Å². The molecule has 0 radical (unpaired) electrons. The number of carbonyl (C=O) groups excluding carboxylic acids is 2. The van der Waals surface area contributed by atoms with Crippen molar-refractivity contribution in [3.8, 4) is 11.4 Å². The Kier molecular flexibility index (Phi) is 6.80. The molecule has 4 rings (SSSR count). The molecule has 2 N–H and O–H groups in total.